The predicted octanol–water partition coefficient (Wildman–Crippen LogP) is 5.99. The highest BCUT2D eigenvalue weighted by molar-refractivity contribution is 8.02. The minimum Gasteiger partial charge on any atom is -0.290 e. The van der Waals surface area contributed by atoms with Gasteiger partial charge < -0.3 is 0 Å². The summed E-state index contributed by atoms with van der Waals surface area (Å²) in [5, 5.41) is 0. The SMILES string of the molecule is CSC1=C(c2ccccc2)C(=O)[C@@](F)(c2ccccc2)[C@@H]1c1ccccc1. The first-order valence-electron chi connectivity index (χ1n) is 8.85. The van der Waals surface area contributed by atoms with Crippen molar-refractivity contribution in [3.8, 4) is 0 Å². The average molecular weight is 374 g/mol. The van der Waals surface area contributed by atoms with Gasteiger partial charge >= 0.3 is 0 Å². The topological polar surface area (TPSA) is 17.1 Å². The van der Waals surface area contributed by atoms with Crippen LogP contribution in [0.25, 0.3) is 5.57 Å². The number of ketones is 1. The van der Waals surface area contributed by atoms with Crippen molar-refractivity contribution in [2.75, 3.05) is 6.26 Å². The van der Waals surface area contributed by atoms with E-state index >= 15 is 4.39 Å². The highest BCUT2D eigenvalue weighted by Crippen LogP contribution is 2.57. The van der Waals surface area contributed by atoms with Crippen LogP contribution in [0, 0.1) is 0 Å². The van der Waals surface area contributed by atoms with Gasteiger partial charge in [0.1, 0.15) is 0 Å². The molecule has 0 bridgehead atoms. The summed E-state index contributed by atoms with van der Waals surface area (Å²) < 4.78 is 16.8. The lowest BCUT2D eigenvalue weighted by molar-refractivity contribution is -0.124. The number of benzene rings is 3. The van der Waals surface area contributed by atoms with Gasteiger partial charge in [-0.25, -0.2) is 4.39 Å². The normalized spacial score (nSPS) is 22.3. The van der Waals surface area contributed by atoms with Gasteiger partial charge in [-0.15, -0.1) is 11.8 Å². The van der Waals surface area contributed by atoms with E-state index < -0.39 is 17.4 Å². The van der Waals surface area contributed by atoms with Crippen LogP contribution in [0.15, 0.2) is 95.9 Å². The number of hydrogen-bond donors (Lipinski definition) is 0. The maximum absolute atomic E-state index is 16.8. The number of allylic oxidation sites excluding steroid dienone is 2. The Morgan fingerprint density at radius 1 is 0.815 bits per heavy atom. The van der Waals surface area contributed by atoms with Gasteiger partial charge in [-0.05, 0) is 22.9 Å². The van der Waals surface area contributed by atoms with E-state index in [1.165, 1.54) is 11.8 Å². The second-order valence-electron chi connectivity index (χ2n) is 6.56. The Bertz CT molecular complexity index is 983. The van der Waals surface area contributed by atoms with Crippen molar-refractivity contribution in [1.82, 2.24) is 0 Å². The van der Waals surface area contributed by atoms with Gasteiger partial charge in [-0.2, -0.15) is 0 Å². The fourth-order valence-electron chi connectivity index (χ4n) is 3.85. The predicted molar refractivity (Wildman–Crippen MR) is 110 cm³/mol. The van der Waals surface area contributed by atoms with Crippen molar-refractivity contribution < 1.29 is 9.18 Å². The molecular formula is C24H19FOS. The van der Waals surface area contributed by atoms with Crippen molar-refractivity contribution in [2.45, 2.75) is 11.6 Å². The van der Waals surface area contributed by atoms with Crippen molar-refractivity contribution in [3.63, 3.8) is 0 Å². The summed E-state index contributed by atoms with van der Waals surface area (Å²) in [6, 6.07) is 27.7. The van der Waals surface area contributed by atoms with Crippen LogP contribution in [0.5, 0.6) is 0 Å². The lowest BCUT2D eigenvalue weighted by Gasteiger charge is -2.28. The molecule has 0 fully saturated rings. The van der Waals surface area contributed by atoms with Gasteiger partial charge in [-0.3, -0.25) is 4.79 Å². The van der Waals surface area contributed by atoms with Gasteiger partial charge in [0.25, 0.3) is 0 Å². The van der Waals surface area contributed by atoms with Gasteiger partial charge in [0.2, 0.25) is 11.5 Å². The molecule has 3 aromatic carbocycles. The summed E-state index contributed by atoms with van der Waals surface area (Å²) in [5.41, 5.74) is 0.354. The summed E-state index contributed by atoms with van der Waals surface area (Å²) in [6.07, 6.45) is 1.91. The second kappa shape index (κ2) is 7.16. The van der Waals surface area contributed by atoms with Crippen LogP contribution in [0.2, 0.25) is 0 Å². The van der Waals surface area contributed by atoms with E-state index in [1.807, 2.05) is 73.0 Å². The summed E-state index contributed by atoms with van der Waals surface area (Å²) in [4.78, 5) is 14.3. The van der Waals surface area contributed by atoms with Crippen molar-refractivity contribution in [2.24, 2.45) is 0 Å². The Kier molecular flexibility index (Phi) is 4.71. The molecule has 2 atom stereocenters. The quantitative estimate of drug-likeness (QED) is 0.558. The maximum Gasteiger partial charge on any atom is 0.209 e. The molecule has 0 saturated heterocycles. The number of hydrogen-bond acceptors (Lipinski definition) is 2. The number of carbonyl (C=O) groups excluding carboxylic acids is 1. The molecular weight excluding hydrogens is 355 g/mol. The maximum atomic E-state index is 16.8. The summed E-state index contributed by atoms with van der Waals surface area (Å²) in [7, 11) is 0. The zero-order chi connectivity index (χ0) is 18.9. The number of halogens is 1. The van der Waals surface area contributed by atoms with E-state index in [2.05, 4.69) is 0 Å². The van der Waals surface area contributed by atoms with E-state index in [-0.39, 0.29) is 0 Å². The van der Waals surface area contributed by atoms with Crippen molar-refractivity contribution in [1.29, 1.82) is 0 Å². The van der Waals surface area contributed by atoms with Crippen LogP contribution in [-0.4, -0.2) is 12.0 Å². The second-order valence-corrected chi connectivity index (χ2v) is 7.41. The van der Waals surface area contributed by atoms with E-state index in [4.69, 9.17) is 0 Å². The summed E-state index contributed by atoms with van der Waals surface area (Å²) >= 11 is 1.46. The van der Waals surface area contributed by atoms with Crippen LogP contribution < -0.4 is 0 Å². The Morgan fingerprint density at radius 2 is 1.33 bits per heavy atom. The van der Waals surface area contributed by atoms with Gasteiger partial charge in [0.05, 0.1) is 5.92 Å². The molecule has 0 aliphatic heterocycles. The first-order chi connectivity index (χ1) is 13.2. The third-order valence-corrected chi connectivity index (χ3v) is 5.95. The van der Waals surface area contributed by atoms with Crippen LogP contribution in [0.3, 0.4) is 0 Å². The first kappa shape index (κ1) is 17.7. The average Bonchev–Trinajstić information content (AvgIpc) is 2.98. The smallest absolute Gasteiger partial charge is 0.209 e. The molecule has 0 amide bonds. The molecule has 27 heavy (non-hydrogen) atoms. The summed E-state index contributed by atoms with van der Waals surface area (Å²) in [5.74, 6) is -1.11. The molecule has 3 heteroatoms. The third kappa shape index (κ3) is 2.83. The Labute approximate surface area is 162 Å². The monoisotopic (exact) mass is 374 g/mol. The molecule has 0 unspecified atom stereocenters. The number of alkyl halides is 1. The zero-order valence-electron chi connectivity index (χ0n) is 14.9. The number of rotatable bonds is 4. The molecule has 0 spiro atoms. The minimum absolute atomic E-state index is 0.404. The van der Waals surface area contributed by atoms with Crippen LogP contribution >= 0.6 is 11.8 Å². The van der Waals surface area contributed by atoms with Crippen LogP contribution in [0.4, 0.5) is 4.39 Å². The number of carbonyl (C=O) groups is 1. The Balaban J connectivity index is 1.99. The molecule has 1 aliphatic carbocycles. The minimum atomic E-state index is -2.12. The zero-order valence-corrected chi connectivity index (χ0v) is 15.7. The third-order valence-electron chi connectivity index (χ3n) is 5.07. The molecule has 1 aliphatic rings. The standard InChI is InChI=1S/C24H19FOS/c1-27-22-20(17-11-5-2-6-12-17)23(26)24(25,19-15-9-4-10-16-19)21(22)18-13-7-3-8-14-18/h2-16,21H,1H3/t21-,24-/m1/s1. The highest BCUT2D eigenvalue weighted by Gasteiger charge is 2.57. The fourth-order valence-corrected chi connectivity index (χ4v) is 4.80. The van der Waals surface area contributed by atoms with Crippen molar-refractivity contribution >= 4 is 23.1 Å². The van der Waals surface area contributed by atoms with E-state index in [0.29, 0.717) is 11.1 Å². The first-order valence-corrected chi connectivity index (χ1v) is 10.1. The van der Waals surface area contributed by atoms with E-state index in [9.17, 15) is 4.79 Å². The van der Waals surface area contributed by atoms with Crippen LogP contribution in [-0.2, 0) is 10.5 Å². The lowest BCUT2D eigenvalue weighted by atomic mass is 9.80. The van der Waals surface area contributed by atoms with Gasteiger partial charge in [-0.1, -0.05) is 91.0 Å². The van der Waals surface area contributed by atoms with E-state index in [0.717, 1.165) is 16.0 Å². The van der Waals surface area contributed by atoms with Gasteiger partial charge in [0.15, 0.2) is 0 Å². The summed E-state index contributed by atoms with van der Waals surface area (Å²) in [6.45, 7) is 0. The fraction of sp³-hybridized carbons (Fsp3) is 0.125. The molecule has 1 nitrogen and oxygen atoms in total. The van der Waals surface area contributed by atoms with Gasteiger partial charge in [0, 0.05) is 10.5 Å². The molecule has 0 N–H and O–H groups in total. The molecule has 0 saturated carbocycles. The lowest BCUT2D eigenvalue weighted by Crippen LogP contribution is -2.33. The number of thioether (sulfide) groups is 1. The van der Waals surface area contributed by atoms with Crippen LogP contribution in [0.1, 0.15) is 22.6 Å². The highest BCUT2D eigenvalue weighted by atomic mass is 32.2. The van der Waals surface area contributed by atoms with Crippen molar-refractivity contribution in [3.05, 3.63) is 113 Å². The molecule has 4 rings (SSSR count). The largest absolute Gasteiger partial charge is 0.290 e. The molecule has 0 heterocycles. The molecule has 0 radical (unpaired) electrons. The molecule has 134 valence electrons. The van der Waals surface area contributed by atoms with E-state index in [1.54, 1.807) is 24.3 Å². The Morgan fingerprint density at radius 3 is 1.89 bits per heavy atom. The Hall–Kier alpha value is -2.65. The number of Topliss-reactive ketones (excluding diaryl/α,β-unsaturated/α-hetero) is 1. The molecule has 0 aromatic heterocycles. The molecule has 3 aromatic rings.